The summed E-state index contributed by atoms with van der Waals surface area (Å²) in [5.41, 5.74) is 2.42. The van der Waals surface area contributed by atoms with Gasteiger partial charge in [-0.1, -0.05) is 36.4 Å². The number of carbonyl (C=O) groups is 2. The van der Waals surface area contributed by atoms with Gasteiger partial charge in [0.2, 0.25) is 0 Å². The van der Waals surface area contributed by atoms with Gasteiger partial charge in [-0.15, -0.1) is 0 Å². The SMILES string of the molecule is O=C(O)C1=COc2ccccc2C1.O=C(O)C1=COc2ccccc2C1. The number of carboxylic acids is 2. The van der Waals surface area contributed by atoms with Gasteiger partial charge in [0.05, 0.1) is 11.1 Å². The molecule has 0 atom stereocenters. The second kappa shape index (κ2) is 7.57. The number of carboxylic acid groups (broad SMARTS) is 2. The van der Waals surface area contributed by atoms with E-state index in [9.17, 15) is 9.59 Å². The first-order chi connectivity index (χ1) is 12.5. The maximum atomic E-state index is 10.6. The molecule has 0 radical (unpaired) electrons. The first-order valence-electron chi connectivity index (χ1n) is 7.88. The zero-order chi connectivity index (χ0) is 18.5. The lowest BCUT2D eigenvalue weighted by Crippen LogP contribution is -2.10. The van der Waals surface area contributed by atoms with Crippen molar-refractivity contribution >= 4 is 11.9 Å². The Balaban J connectivity index is 0.000000151. The number of benzene rings is 2. The predicted molar refractivity (Wildman–Crippen MR) is 93.0 cm³/mol. The van der Waals surface area contributed by atoms with E-state index in [1.54, 1.807) is 0 Å². The number of hydrogen-bond acceptors (Lipinski definition) is 4. The van der Waals surface area contributed by atoms with Gasteiger partial charge in [-0.25, -0.2) is 9.59 Å². The Morgan fingerprint density at radius 2 is 1.08 bits per heavy atom. The van der Waals surface area contributed by atoms with E-state index in [4.69, 9.17) is 19.7 Å². The van der Waals surface area contributed by atoms with Crippen molar-refractivity contribution in [2.24, 2.45) is 0 Å². The van der Waals surface area contributed by atoms with E-state index in [-0.39, 0.29) is 0 Å². The average molecular weight is 352 g/mol. The van der Waals surface area contributed by atoms with E-state index in [0.29, 0.717) is 24.0 Å². The summed E-state index contributed by atoms with van der Waals surface area (Å²) in [4.78, 5) is 21.2. The van der Waals surface area contributed by atoms with Gasteiger partial charge in [-0.3, -0.25) is 0 Å². The van der Waals surface area contributed by atoms with Crippen molar-refractivity contribution < 1.29 is 29.3 Å². The Labute approximate surface area is 149 Å². The molecule has 0 saturated heterocycles. The van der Waals surface area contributed by atoms with Crippen molar-refractivity contribution in [2.45, 2.75) is 12.8 Å². The van der Waals surface area contributed by atoms with Gasteiger partial charge in [0.25, 0.3) is 0 Å². The average Bonchev–Trinajstić information content (AvgIpc) is 2.67. The van der Waals surface area contributed by atoms with Crippen LogP contribution in [0.5, 0.6) is 11.5 Å². The molecule has 0 spiro atoms. The summed E-state index contributed by atoms with van der Waals surface area (Å²) in [5, 5.41) is 17.4. The minimum atomic E-state index is -0.922. The van der Waals surface area contributed by atoms with Gasteiger partial charge < -0.3 is 19.7 Å². The van der Waals surface area contributed by atoms with Crippen molar-refractivity contribution in [3.8, 4) is 11.5 Å². The summed E-state index contributed by atoms with van der Waals surface area (Å²) in [6, 6.07) is 14.8. The maximum Gasteiger partial charge on any atom is 0.335 e. The molecule has 0 bridgehead atoms. The number of rotatable bonds is 2. The van der Waals surface area contributed by atoms with Crippen LogP contribution in [0.2, 0.25) is 0 Å². The molecule has 0 aliphatic carbocycles. The first-order valence-corrected chi connectivity index (χ1v) is 7.88. The number of hydrogen-bond donors (Lipinski definition) is 2. The standard InChI is InChI=1S/2C10H8O3/c2*11-10(12)8-5-7-3-1-2-4-9(7)13-6-8/h2*1-4,6H,5H2,(H,11,12). The van der Waals surface area contributed by atoms with Gasteiger partial charge in [-0.05, 0) is 23.3 Å². The number of para-hydroxylation sites is 2. The highest BCUT2D eigenvalue weighted by Crippen LogP contribution is 2.26. The van der Waals surface area contributed by atoms with Crippen LogP contribution in [0.15, 0.2) is 72.2 Å². The molecule has 0 amide bonds. The highest BCUT2D eigenvalue weighted by atomic mass is 16.5. The topological polar surface area (TPSA) is 93.1 Å². The smallest absolute Gasteiger partial charge is 0.335 e. The summed E-state index contributed by atoms with van der Waals surface area (Å²) in [6.45, 7) is 0. The molecule has 6 nitrogen and oxygen atoms in total. The van der Waals surface area contributed by atoms with Crippen LogP contribution in [0.3, 0.4) is 0 Å². The second-order valence-corrected chi connectivity index (χ2v) is 5.70. The molecule has 0 fully saturated rings. The third kappa shape index (κ3) is 3.92. The van der Waals surface area contributed by atoms with E-state index in [2.05, 4.69) is 0 Å². The molecule has 26 heavy (non-hydrogen) atoms. The summed E-state index contributed by atoms with van der Waals surface area (Å²) >= 11 is 0. The summed E-state index contributed by atoms with van der Waals surface area (Å²) in [7, 11) is 0. The van der Waals surface area contributed by atoms with Gasteiger partial charge in [-0.2, -0.15) is 0 Å². The molecule has 6 heteroatoms. The molecule has 2 aromatic carbocycles. The van der Waals surface area contributed by atoms with Crippen LogP contribution in [0.25, 0.3) is 0 Å². The Kier molecular flexibility index (Phi) is 5.03. The molecule has 0 unspecified atom stereocenters. The molecule has 0 saturated carbocycles. The highest BCUT2D eigenvalue weighted by Gasteiger charge is 2.17. The van der Waals surface area contributed by atoms with Crippen molar-refractivity contribution in [3.05, 3.63) is 83.3 Å². The predicted octanol–water partition coefficient (Wildman–Crippen LogP) is 3.18. The van der Waals surface area contributed by atoms with Crippen LogP contribution in [-0.2, 0) is 22.4 Å². The van der Waals surface area contributed by atoms with Crippen LogP contribution in [0.4, 0.5) is 0 Å². The van der Waals surface area contributed by atoms with Gasteiger partial charge >= 0.3 is 11.9 Å². The van der Waals surface area contributed by atoms with Gasteiger partial charge in [0, 0.05) is 12.8 Å². The van der Waals surface area contributed by atoms with Crippen molar-refractivity contribution in [1.82, 2.24) is 0 Å². The zero-order valence-corrected chi connectivity index (χ0v) is 13.7. The van der Waals surface area contributed by atoms with Crippen LogP contribution in [-0.4, -0.2) is 22.2 Å². The number of aliphatic carboxylic acids is 2. The lowest BCUT2D eigenvalue weighted by Gasteiger charge is -2.14. The molecular weight excluding hydrogens is 336 g/mol. The van der Waals surface area contributed by atoms with Crippen molar-refractivity contribution in [2.75, 3.05) is 0 Å². The third-order valence-corrected chi connectivity index (χ3v) is 3.91. The largest absolute Gasteiger partial charge is 0.478 e. The van der Waals surface area contributed by atoms with E-state index in [1.165, 1.54) is 12.5 Å². The molecular formula is C20H16O6. The zero-order valence-electron chi connectivity index (χ0n) is 13.7. The van der Waals surface area contributed by atoms with Crippen LogP contribution < -0.4 is 9.47 Å². The third-order valence-electron chi connectivity index (χ3n) is 3.91. The van der Waals surface area contributed by atoms with Gasteiger partial charge in [0.1, 0.15) is 24.0 Å². The molecule has 4 rings (SSSR count). The summed E-state index contributed by atoms with van der Waals surface area (Å²) < 4.78 is 10.3. The van der Waals surface area contributed by atoms with Crippen LogP contribution in [0, 0.1) is 0 Å². The molecule has 2 aliphatic rings. The van der Waals surface area contributed by atoms with Gasteiger partial charge in [0.15, 0.2) is 0 Å². The molecule has 2 aromatic rings. The quantitative estimate of drug-likeness (QED) is 0.862. The lowest BCUT2D eigenvalue weighted by molar-refractivity contribution is -0.133. The summed E-state index contributed by atoms with van der Waals surface area (Å²) in [5.74, 6) is -0.357. The highest BCUT2D eigenvalue weighted by molar-refractivity contribution is 5.87. The van der Waals surface area contributed by atoms with E-state index < -0.39 is 11.9 Å². The monoisotopic (exact) mass is 352 g/mol. The maximum absolute atomic E-state index is 10.6. The molecule has 132 valence electrons. The first kappa shape index (κ1) is 17.3. The van der Waals surface area contributed by atoms with Crippen LogP contribution >= 0.6 is 0 Å². The summed E-state index contributed by atoms with van der Waals surface area (Å²) in [6.07, 6.45) is 3.46. The molecule has 2 N–H and O–H groups in total. The van der Waals surface area contributed by atoms with Crippen molar-refractivity contribution in [1.29, 1.82) is 0 Å². The Bertz CT molecular complexity index is 835. The minimum Gasteiger partial charge on any atom is -0.478 e. The molecule has 2 heterocycles. The van der Waals surface area contributed by atoms with Crippen LogP contribution in [0.1, 0.15) is 11.1 Å². The van der Waals surface area contributed by atoms with Crippen molar-refractivity contribution in [3.63, 3.8) is 0 Å². The Morgan fingerprint density at radius 3 is 1.46 bits per heavy atom. The molecule has 0 aromatic heterocycles. The molecule has 2 aliphatic heterocycles. The second-order valence-electron chi connectivity index (χ2n) is 5.70. The fraction of sp³-hybridized carbons (Fsp3) is 0.100. The van der Waals surface area contributed by atoms with E-state index in [1.807, 2.05) is 48.5 Å². The fourth-order valence-electron chi connectivity index (χ4n) is 2.54. The van der Waals surface area contributed by atoms with E-state index in [0.717, 1.165) is 22.6 Å². The number of fused-ring (bicyclic) bond motifs is 2. The lowest BCUT2D eigenvalue weighted by atomic mass is 10.0. The Morgan fingerprint density at radius 1 is 0.692 bits per heavy atom. The normalized spacial score (nSPS) is 14.0. The fourth-order valence-corrected chi connectivity index (χ4v) is 2.54. The minimum absolute atomic E-state index is 0.290. The Hall–Kier alpha value is -3.54. The number of ether oxygens (including phenoxy) is 2. The van der Waals surface area contributed by atoms with E-state index >= 15 is 0 Å².